The van der Waals surface area contributed by atoms with Crippen molar-refractivity contribution in [3.05, 3.63) is 33.8 Å². The lowest BCUT2D eigenvalue weighted by atomic mass is 10.1. The summed E-state index contributed by atoms with van der Waals surface area (Å²) < 4.78 is 0. The summed E-state index contributed by atoms with van der Waals surface area (Å²) in [6, 6.07) is 5.54. The van der Waals surface area contributed by atoms with Crippen molar-refractivity contribution in [1.82, 2.24) is 4.90 Å². The first-order chi connectivity index (χ1) is 8.52. The number of aliphatic imine (C=N–C) groups is 1. The third-order valence-electron chi connectivity index (χ3n) is 2.91. The van der Waals surface area contributed by atoms with Gasteiger partial charge in [-0.3, -0.25) is 0 Å². The fourth-order valence-electron chi connectivity index (χ4n) is 1.74. The molecule has 0 aromatic heterocycles. The molecule has 18 heavy (non-hydrogen) atoms. The standard InChI is InChI=1S/C13H15Cl2N3/c1-4-12(17-8-16)18(3)9(2)10-6-5-7-11(14)13(10)15/h5-7,9H,4H2,1-3H3. The van der Waals surface area contributed by atoms with Crippen molar-refractivity contribution in [2.75, 3.05) is 7.05 Å². The van der Waals surface area contributed by atoms with Crippen LogP contribution < -0.4 is 0 Å². The molecule has 0 radical (unpaired) electrons. The number of nitriles is 1. The van der Waals surface area contributed by atoms with Gasteiger partial charge in [-0.2, -0.15) is 10.3 Å². The quantitative estimate of drug-likeness (QED) is 0.472. The minimum absolute atomic E-state index is 0.00301. The van der Waals surface area contributed by atoms with Crippen LogP contribution in [0.25, 0.3) is 0 Å². The van der Waals surface area contributed by atoms with E-state index in [-0.39, 0.29) is 6.04 Å². The van der Waals surface area contributed by atoms with Crippen molar-refractivity contribution in [3.8, 4) is 6.19 Å². The van der Waals surface area contributed by atoms with E-state index >= 15 is 0 Å². The van der Waals surface area contributed by atoms with E-state index in [4.69, 9.17) is 28.5 Å². The van der Waals surface area contributed by atoms with Gasteiger partial charge < -0.3 is 4.90 Å². The van der Waals surface area contributed by atoms with E-state index in [1.165, 1.54) is 0 Å². The zero-order valence-corrected chi connectivity index (χ0v) is 12.1. The maximum Gasteiger partial charge on any atom is 0.207 e. The first-order valence-electron chi connectivity index (χ1n) is 5.65. The van der Waals surface area contributed by atoms with Crippen LogP contribution in [-0.4, -0.2) is 17.8 Å². The zero-order chi connectivity index (χ0) is 13.7. The number of rotatable bonds is 3. The van der Waals surface area contributed by atoms with E-state index in [0.29, 0.717) is 16.5 Å². The monoisotopic (exact) mass is 283 g/mol. The van der Waals surface area contributed by atoms with Crippen LogP contribution in [0.4, 0.5) is 0 Å². The van der Waals surface area contributed by atoms with Gasteiger partial charge >= 0.3 is 0 Å². The average molecular weight is 284 g/mol. The molecule has 0 amide bonds. The van der Waals surface area contributed by atoms with E-state index in [1.54, 1.807) is 6.07 Å². The Morgan fingerprint density at radius 2 is 2.17 bits per heavy atom. The Labute approximate surface area is 118 Å². The minimum atomic E-state index is 0.00301. The molecule has 1 atom stereocenters. The largest absolute Gasteiger partial charge is 0.356 e. The summed E-state index contributed by atoms with van der Waals surface area (Å²) in [6.07, 6.45) is 2.51. The van der Waals surface area contributed by atoms with Crippen LogP contribution in [0.2, 0.25) is 10.0 Å². The van der Waals surface area contributed by atoms with Crippen molar-refractivity contribution < 1.29 is 0 Å². The lowest BCUT2D eigenvalue weighted by molar-refractivity contribution is 0.396. The number of amidine groups is 1. The topological polar surface area (TPSA) is 39.4 Å². The van der Waals surface area contributed by atoms with E-state index < -0.39 is 0 Å². The number of benzene rings is 1. The fourth-order valence-corrected chi connectivity index (χ4v) is 2.21. The molecule has 0 fully saturated rings. The van der Waals surface area contributed by atoms with Gasteiger partial charge in [0.2, 0.25) is 6.19 Å². The van der Waals surface area contributed by atoms with Crippen LogP contribution in [0.3, 0.4) is 0 Å². The first-order valence-corrected chi connectivity index (χ1v) is 6.40. The molecule has 0 spiro atoms. The van der Waals surface area contributed by atoms with E-state index in [2.05, 4.69) is 4.99 Å². The number of nitrogens with zero attached hydrogens (tertiary/aromatic N) is 3. The van der Waals surface area contributed by atoms with Crippen molar-refractivity contribution in [2.45, 2.75) is 26.3 Å². The molecule has 0 aliphatic rings. The van der Waals surface area contributed by atoms with E-state index in [0.717, 1.165) is 11.4 Å². The fraction of sp³-hybridized carbons (Fsp3) is 0.385. The Hall–Kier alpha value is -1.24. The van der Waals surface area contributed by atoms with Gasteiger partial charge in [0.25, 0.3) is 0 Å². The summed E-state index contributed by atoms with van der Waals surface area (Å²) in [5.74, 6) is 0.723. The van der Waals surface area contributed by atoms with Gasteiger partial charge in [0.05, 0.1) is 16.1 Å². The molecule has 0 aliphatic carbocycles. The van der Waals surface area contributed by atoms with E-state index in [9.17, 15) is 0 Å². The second-order valence-corrected chi connectivity index (χ2v) is 4.70. The van der Waals surface area contributed by atoms with Gasteiger partial charge in [-0.15, -0.1) is 0 Å². The zero-order valence-electron chi connectivity index (χ0n) is 10.6. The van der Waals surface area contributed by atoms with Crippen molar-refractivity contribution in [2.24, 2.45) is 4.99 Å². The minimum Gasteiger partial charge on any atom is -0.356 e. The Bertz CT molecular complexity index is 491. The van der Waals surface area contributed by atoms with Crippen LogP contribution in [0.1, 0.15) is 31.9 Å². The summed E-state index contributed by atoms with van der Waals surface area (Å²) in [4.78, 5) is 5.74. The SMILES string of the molecule is CCC(=NC#N)N(C)C(C)c1cccc(Cl)c1Cl. The molecular formula is C13H15Cl2N3. The predicted octanol–water partition coefficient (Wildman–Crippen LogP) is 4.28. The molecule has 1 rings (SSSR count). The number of hydrogen-bond donors (Lipinski definition) is 0. The van der Waals surface area contributed by atoms with Crippen molar-refractivity contribution in [3.63, 3.8) is 0 Å². The smallest absolute Gasteiger partial charge is 0.207 e. The van der Waals surface area contributed by atoms with Crippen LogP contribution in [-0.2, 0) is 0 Å². The highest BCUT2D eigenvalue weighted by molar-refractivity contribution is 6.42. The molecule has 0 saturated carbocycles. The van der Waals surface area contributed by atoms with Gasteiger partial charge in [0.1, 0.15) is 5.84 Å². The first kappa shape index (κ1) is 14.8. The lowest BCUT2D eigenvalue weighted by Gasteiger charge is -2.28. The Kier molecular flexibility index (Phi) is 5.46. The molecule has 1 aromatic rings. The predicted molar refractivity (Wildman–Crippen MR) is 76.0 cm³/mol. The van der Waals surface area contributed by atoms with Gasteiger partial charge in [0, 0.05) is 13.5 Å². The number of halogens is 2. The molecule has 0 saturated heterocycles. The molecule has 0 aliphatic heterocycles. The average Bonchev–Trinajstić information content (AvgIpc) is 2.37. The van der Waals surface area contributed by atoms with Gasteiger partial charge in [-0.05, 0) is 18.6 Å². The molecule has 0 bridgehead atoms. The summed E-state index contributed by atoms with van der Waals surface area (Å²) in [6.45, 7) is 3.96. The molecule has 96 valence electrons. The van der Waals surface area contributed by atoms with E-state index in [1.807, 2.05) is 44.1 Å². The molecule has 0 heterocycles. The van der Waals surface area contributed by atoms with Gasteiger partial charge in [-0.25, -0.2) is 0 Å². The van der Waals surface area contributed by atoms with Crippen LogP contribution in [0.5, 0.6) is 0 Å². The van der Waals surface area contributed by atoms with Crippen LogP contribution in [0.15, 0.2) is 23.2 Å². The Balaban J connectivity index is 3.07. The highest BCUT2D eigenvalue weighted by Gasteiger charge is 2.18. The maximum absolute atomic E-state index is 8.66. The number of hydrogen-bond acceptors (Lipinski definition) is 2. The van der Waals surface area contributed by atoms with Crippen LogP contribution in [0, 0.1) is 11.5 Å². The molecule has 1 unspecified atom stereocenters. The Morgan fingerprint density at radius 1 is 1.50 bits per heavy atom. The molecule has 5 heteroatoms. The van der Waals surface area contributed by atoms with Crippen LogP contribution >= 0.6 is 23.2 Å². The van der Waals surface area contributed by atoms with Crippen molar-refractivity contribution in [1.29, 1.82) is 5.26 Å². The third kappa shape index (κ3) is 3.16. The summed E-state index contributed by atoms with van der Waals surface area (Å²) >= 11 is 12.2. The maximum atomic E-state index is 8.66. The molecular weight excluding hydrogens is 269 g/mol. The Morgan fingerprint density at radius 3 is 2.72 bits per heavy atom. The molecule has 0 N–H and O–H groups in total. The van der Waals surface area contributed by atoms with Crippen molar-refractivity contribution >= 4 is 29.0 Å². The third-order valence-corrected chi connectivity index (χ3v) is 3.75. The summed E-state index contributed by atoms with van der Waals surface area (Å²) in [5.41, 5.74) is 0.922. The van der Waals surface area contributed by atoms with Gasteiger partial charge in [0.15, 0.2) is 0 Å². The molecule has 1 aromatic carbocycles. The second kappa shape index (κ2) is 6.63. The highest BCUT2D eigenvalue weighted by Crippen LogP contribution is 2.32. The summed E-state index contributed by atoms with van der Waals surface area (Å²) in [5, 5.41) is 9.74. The molecule has 3 nitrogen and oxygen atoms in total. The summed E-state index contributed by atoms with van der Waals surface area (Å²) in [7, 11) is 1.89. The second-order valence-electron chi connectivity index (χ2n) is 3.91. The highest BCUT2D eigenvalue weighted by atomic mass is 35.5. The lowest BCUT2D eigenvalue weighted by Crippen LogP contribution is -2.29. The normalized spacial score (nSPS) is 13.0. The van der Waals surface area contributed by atoms with Gasteiger partial charge in [-0.1, -0.05) is 42.3 Å².